The molecule has 1 atom stereocenters. The van der Waals surface area contributed by atoms with Gasteiger partial charge in [0, 0.05) is 13.7 Å². The van der Waals surface area contributed by atoms with Gasteiger partial charge in [-0.1, -0.05) is 6.92 Å². The molecule has 0 spiro atoms. The normalized spacial score (nSPS) is 11.9. The number of nitrogens with one attached hydrogen (secondary N) is 1. The van der Waals surface area contributed by atoms with Crippen LogP contribution in [0.1, 0.15) is 24.2 Å². The number of methoxy groups -OCH3 is 1. The molecule has 0 aliphatic heterocycles. The third-order valence-electron chi connectivity index (χ3n) is 2.65. The van der Waals surface area contributed by atoms with Gasteiger partial charge in [0.1, 0.15) is 0 Å². The van der Waals surface area contributed by atoms with Crippen molar-refractivity contribution in [3.05, 3.63) is 23.8 Å². The second-order valence-electron chi connectivity index (χ2n) is 4.46. The van der Waals surface area contributed by atoms with Gasteiger partial charge in [0.2, 0.25) is 0 Å². The molecule has 0 fully saturated rings. The monoisotopic (exact) mass is 266 g/mol. The topological polar surface area (TPSA) is 73.6 Å². The Morgan fingerprint density at radius 2 is 2.21 bits per heavy atom. The highest BCUT2D eigenvalue weighted by Gasteiger charge is 2.09. The number of nitrogens with two attached hydrogens (primary N) is 1. The van der Waals surface area contributed by atoms with Gasteiger partial charge in [0.15, 0.2) is 0 Å². The van der Waals surface area contributed by atoms with Crippen molar-refractivity contribution >= 4 is 17.3 Å². The number of carbonyl (C=O) groups is 1. The first-order valence-corrected chi connectivity index (χ1v) is 6.38. The van der Waals surface area contributed by atoms with Crippen LogP contribution in [0.5, 0.6) is 0 Å². The van der Waals surface area contributed by atoms with Gasteiger partial charge in [-0.05, 0) is 31.0 Å². The average molecular weight is 266 g/mol. The van der Waals surface area contributed by atoms with E-state index in [0.717, 1.165) is 12.2 Å². The summed E-state index contributed by atoms with van der Waals surface area (Å²) in [6.45, 7) is 5.66. The summed E-state index contributed by atoms with van der Waals surface area (Å²) in [4.78, 5) is 11.5. The molecule has 1 rings (SSSR count). The van der Waals surface area contributed by atoms with E-state index in [-0.39, 0.29) is 5.97 Å². The maximum atomic E-state index is 11.5. The Labute approximate surface area is 114 Å². The van der Waals surface area contributed by atoms with Crippen LogP contribution < -0.4 is 11.1 Å². The number of nitrogen functional groups attached to an aromatic ring is 1. The van der Waals surface area contributed by atoms with Gasteiger partial charge in [-0.3, -0.25) is 0 Å². The van der Waals surface area contributed by atoms with Crippen LogP contribution in [0.25, 0.3) is 0 Å². The maximum absolute atomic E-state index is 11.5. The van der Waals surface area contributed by atoms with Crippen LogP contribution in [0, 0.1) is 5.92 Å². The van der Waals surface area contributed by atoms with E-state index in [4.69, 9.17) is 15.2 Å². The van der Waals surface area contributed by atoms with Crippen LogP contribution in [0.4, 0.5) is 11.4 Å². The lowest BCUT2D eigenvalue weighted by molar-refractivity contribution is 0.0526. The first kappa shape index (κ1) is 15.3. The summed E-state index contributed by atoms with van der Waals surface area (Å²) in [6.07, 6.45) is 0. The number of hydrogen-bond donors (Lipinski definition) is 2. The summed E-state index contributed by atoms with van der Waals surface area (Å²) >= 11 is 0. The molecule has 106 valence electrons. The minimum absolute atomic E-state index is 0.353. The fraction of sp³-hybridized carbons (Fsp3) is 0.500. The van der Waals surface area contributed by atoms with Crippen LogP contribution in [-0.2, 0) is 9.47 Å². The minimum atomic E-state index is -0.353. The Balaban J connectivity index is 2.64. The molecular weight excluding hydrogens is 244 g/mol. The minimum Gasteiger partial charge on any atom is -0.462 e. The molecule has 1 aromatic rings. The molecule has 5 heteroatoms. The van der Waals surface area contributed by atoms with Crippen LogP contribution in [0.3, 0.4) is 0 Å². The zero-order valence-corrected chi connectivity index (χ0v) is 11.7. The molecule has 19 heavy (non-hydrogen) atoms. The summed E-state index contributed by atoms with van der Waals surface area (Å²) in [5, 5.41) is 3.24. The number of benzene rings is 1. The fourth-order valence-electron chi connectivity index (χ4n) is 1.69. The number of rotatable bonds is 7. The highest BCUT2D eigenvalue weighted by molar-refractivity contribution is 5.91. The van der Waals surface area contributed by atoms with Crippen molar-refractivity contribution in [3.63, 3.8) is 0 Å². The Morgan fingerprint density at radius 3 is 2.79 bits per heavy atom. The van der Waals surface area contributed by atoms with Crippen molar-refractivity contribution in [2.24, 2.45) is 5.92 Å². The second kappa shape index (κ2) is 7.63. The van der Waals surface area contributed by atoms with Gasteiger partial charge in [-0.25, -0.2) is 4.79 Å². The number of hydrogen-bond acceptors (Lipinski definition) is 5. The average Bonchev–Trinajstić information content (AvgIpc) is 2.38. The Morgan fingerprint density at radius 1 is 1.47 bits per heavy atom. The molecule has 0 aromatic heterocycles. The first-order valence-electron chi connectivity index (χ1n) is 6.38. The lowest BCUT2D eigenvalue weighted by Gasteiger charge is -2.14. The first-order chi connectivity index (χ1) is 9.08. The molecule has 0 saturated carbocycles. The lowest BCUT2D eigenvalue weighted by atomic mass is 10.1. The lowest BCUT2D eigenvalue weighted by Crippen LogP contribution is -2.16. The Bertz CT molecular complexity index is 421. The molecule has 0 heterocycles. The maximum Gasteiger partial charge on any atom is 0.338 e. The predicted molar refractivity (Wildman–Crippen MR) is 76.3 cm³/mol. The number of ether oxygens (including phenoxy) is 2. The van der Waals surface area contributed by atoms with Crippen LogP contribution in [0.2, 0.25) is 0 Å². The molecule has 0 radical (unpaired) electrons. The molecule has 0 bridgehead atoms. The van der Waals surface area contributed by atoms with E-state index in [0.29, 0.717) is 30.4 Å². The van der Waals surface area contributed by atoms with E-state index >= 15 is 0 Å². The Kier molecular flexibility index (Phi) is 6.15. The molecule has 0 amide bonds. The van der Waals surface area contributed by atoms with Gasteiger partial charge < -0.3 is 20.5 Å². The largest absolute Gasteiger partial charge is 0.462 e. The molecule has 1 unspecified atom stereocenters. The zero-order valence-electron chi connectivity index (χ0n) is 11.7. The van der Waals surface area contributed by atoms with Crippen molar-refractivity contribution in [1.29, 1.82) is 0 Å². The van der Waals surface area contributed by atoms with Gasteiger partial charge in [-0.2, -0.15) is 0 Å². The van der Waals surface area contributed by atoms with Gasteiger partial charge in [0.25, 0.3) is 0 Å². The molecule has 0 aliphatic carbocycles. The predicted octanol–water partition coefficient (Wildman–Crippen LogP) is 2.14. The smallest absolute Gasteiger partial charge is 0.338 e. The van der Waals surface area contributed by atoms with E-state index < -0.39 is 0 Å². The highest BCUT2D eigenvalue weighted by atomic mass is 16.5. The van der Waals surface area contributed by atoms with Gasteiger partial charge in [-0.15, -0.1) is 0 Å². The SMILES string of the molecule is CCOC(=O)c1ccc(NCC(C)COC)c(N)c1. The van der Waals surface area contributed by atoms with Crippen LogP contribution >= 0.6 is 0 Å². The summed E-state index contributed by atoms with van der Waals surface area (Å²) in [7, 11) is 1.68. The van der Waals surface area contributed by atoms with Crippen molar-refractivity contribution < 1.29 is 14.3 Å². The highest BCUT2D eigenvalue weighted by Crippen LogP contribution is 2.20. The molecular formula is C14H22N2O3. The standard InChI is InChI=1S/C14H22N2O3/c1-4-19-14(17)11-5-6-13(12(15)7-11)16-8-10(2)9-18-3/h5-7,10,16H,4,8-9,15H2,1-3H3. The summed E-state index contributed by atoms with van der Waals surface area (Å²) in [5.74, 6) is 0.0302. The number of carbonyl (C=O) groups excluding carboxylic acids is 1. The number of anilines is 2. The number of esters is 1. The molecule has 1 aromatic carbocycles. The van der Waals surface area contributed by atoms with E-state index in [1.54, 1.807) is 32.2 Å². The van der Waals surface area contributed by atoms with Crippen LogP contribution in [0.15, 0.2) is 18.2 Å². The third-order valence-corrected chi connectivity index (χ3v) is 2.65. The van der Waals surface area contributed by atoms with E-state index in [1.165, 1.54) is 0 Å². The molecule has 5 nitrogen and oxygen atoms in total. The molecule has 0 aliphatic rings. The quantitative estimate of drug-likeness (QED) is 0.584. The van der Waals surface area contributed by atoms with E-state index in [9.17, 15) is 4.79 Å². The van der Waals surface area contributed by atoms with Crippen molar-refractivity contribution in [1.82, 2.24) is 0 Å². The van der Waals surface area contributed by atoms with Gasteiger partial charge in [0.05, 0.1) is 30.2 Å². The van der Waals surface area contributed by atoms with Crippen molar-refractivity contribution in [2.45, 2.75) is 13.8 Å². The third kappa shape index (κ3) is 4.79. The second-order valence-corrected chi connectivity index (χ2v) is 4.46. The molecule has 0 saturated heterocycles. The van der Waals surface area contributed by atoms with Crippen molar-refractivity contribution in [2.75, 3.05) is 37.9 Å². The summed E-state index contributed by atoms with van der Waals surface area (Å²) < 4.78 is 9.99. The summed E-state index contributed by atoms with van der Waals surface area (Å²) in [6, 6.07) is 5.13. The fourth-order valence-corrected chi connectivity index (χ4v) is 1.69. The summed E-state index contributed by atoms with van der Waals surface area (Å²) in [5.41, 5.74) is 7.73. The molecule has 3 N–H and O–H groups in total. The van der Waals surface area contributed by atoms with E-state index in [1.807, 2.05) is 0 Å². The Hall–Kier alpha value is -1.75. The van der Waals surface area contributed by atoms with E-state index in [2.05, 4.69) is 12.2 Å². The van der Waals surface area contributed by atoms with Crippen molar-refractivity contribution in [3.8, 4) is 0 Å². The van der Waals surface area contributed by atoms with Crippen LogP contribution in [-0.4, -0.2) is 32.8 Å². The zero-order chi connectivity index (χ0) is 14.3. The van der Waals surface area contributed by atoms with Gasteiger partial charge >= 0.3 is 5.97 Å².